The number of piperazine rings is 1. The third-order valence-corrected chi connectivity index (χ3v) is 3.53. The van der Waals surface area contributed by atoms with Crippen molar-refractivity contribution >= 4 is 11.8 Å². The van der Waals surface area contributed by atoms with E-state index in [9.17, 15) is 9.59 Å². The summed E-state index contributed by atoms with van der Waals surface area (Å²) in [6.45, 7) is 2.93. The van der Waals surface area contributed by atoms with Gasteiger partial charge in [0.2, 0.25) is 5.91 Å². The fourth-order valence-electron chi connectivity index (χ4n) is 2.61. The van der Waals surface area contributed by atoms with E-state index in [1.807, 2.05) is 25.1 Å². The molecule has 2 amide bonds. The van der Waals surface area contributed by atoms with Gasteiger partial charge >= 0.3 is 0 Å². The molecule has 4 nitrogen and oxygen atoms in total. The molecular weight excluding hydrogens is 204 g/mol. The number of carbonyl (C=O) groups is 2. The number of benzene rings is 1. The maximum atomic E-state index is 12.1. The molecule has 2 aliphatic heterocycles. The second-order valence-corrected chi connectivity index (χ2v) is 4.33. The molecule has 1 aromatic carbocycles. The summed E-state index contributed by atoms with van der Waals surface area (Å²) in [5, 5.41) is 2.82. The fourth-order valence-corrected chi connectivity index (χ4v) is 2.61. The first-order valence-electron chi connectivity index (χ1n) is 5.35. The van der Waals surface area contributed by atoms with Crippen molar-refractivity contribution in [2.45, 2.75) is 12.5 Å². The minimum atomic E-state index is -0.814. The van der Waals surface area contributed by atoms with Crippen molar-refractivity contribution in [3.8, 4) is 0 Å². The Bertz CT molecular complexity index is 498. The van der Waals surface area contributed by atoms with Crippen LogP contribution in [0.3, 0.4) is 0 Å². The molecule has 0 radical (unpaired) electrons. The van der Waals surface area contributed by atoms with Crippen LogP contribution < -0.4 is 5.32 Å². The minimum Gasteiger partial charge on any atom is -0.352 e. The first-order valence-corrected chi connectivity index (χ1v) is 5.35. The molecule has 4 heteroatoms. The maximum Gasteiger partial charge on any atom is 0.255 e. The third kappa shape index (κ3) is 0.894. The van der Waals surface area contributed by atoms with Gasteiger partial charge in [-0.3, -0.25) is 9.59 Å². The van der Waals surface area contributed by atoms with Crippen LogP contribution in [0.5, 0.6) is 0 Å². The third-order valence-electron chi connectivity index (χ3n) is 3.53. The van der Waals surface area contributed by atoms with Crippen molar-refractivity contribution in [1.82, 2.24) is 10.2 Å². The Labute approximate surface area is 93.2 Å². The monoisotopic (exact) mass is 216 g/mol. The molecular formula is C12H12N2O2. The lowest BCUT2D eigenvalue weighted by Gasteiger charge is -2.38. The van der Waals surface area contributed by atoms with Crippen molar-refractivity contribution in [2.75, 3.05) is 13.1 Å². The maximum absolute atomic E-state index is 12.1. The van der Waals surface area contributed by atoms with Crippen LogP contribution in [0.4, 0.5) is 0 Å². The van der Waals surface area contributed by atoms with Gasteiger partial charge in [0.1, 0.15) is 5.54 Å². The van der Waals surface area contributed by atoms with Crippen LogP contribution in [0.15, 0.2) is 24.3 Å². The summed E-state index contributed by atoms with van der Waals surface area (Å²) in [6.07, 6.45) is 0. The highest BCUT2D eigenvalue weighted by atomic mass is 16.2. The highest BCUT2D eigenvalue weighted by Crippen LogP contribution is 2.39. The van der Waals surface area contributed by atoms with Gasteiger partial charge in [-0.1, -0.05) is 18.2 Å². The smallest absolute Gasteiger partial charge is 0.255 e. The Balaban J connectivity index is 2.26. The minimum absolute atomic E-state index is 0.0343. The van der Waals surface area contributed by atoms with E-state index >= 15 is 0 Å². The van der Waals surface area contributed by atoms with Crippen LogP contribution in [0, 0.1) is 0 Å². The predicted molar refractivity (Wildman–Crippen MR) is 57.8 cm³/mol. The second-order valence-electron chi connectivity index (χ2n) is 4.33. The summed E-state index contributed by atoms with van der Waals surface area (Å²) in [5.41, 5.74) is 0.658. The average Bonchev–Trinajstić information content (AvgIpc) is 2.53. The molecule has 1 atom stereocenters. The lowest BCUT2D eigenvalue weighted by Crippen LogP contribution is -2.59. The van der Waals surface area contributed by atoms with E-state index < -0.39 is 5.54 Å². The number of carbonyl (C=O) groups excluding carboxylic acids is 2. The van der Waals surface area contributed by atoms with E-state index in [4.69, 9.17) is 0 Å². The van der Waals surface area contributed by atoms with Crippen molar-refractivity contribution < 1.29 is 9.59 Å². The number of hydrogen-bond donors (Lipinski definition) is 1. The molecule has 0 aliphatic carbocycles. The normalized spacial score (nSPS) is 27.4. The largest absolute Gasteiger partial charge is 0.352 e. The van der Waals surface area contributed by atoms with Gasteiger partial charge in [0, 0.05) is 18.7 Å². The lowest BCUT2D eigenvalue weighted by molar-refractivity contribution is -0.134. The number of rotatable bonds is 0. The summed E-state index contributed by atoms with van der Waals surface area (Å²) in [7, 11) is 0. The fraction of sp³-hybridized carbons (Fsp3) is 0.333. The van der Waals surface area contributed by atoms with E-state index in [0.29, 0.717) is 18.7 Å². The summed E-state index contributed by atoms with van der Waals surface area (Å²) in [5.74, 6) is -0.120. The summed E-state index contributed by atoms with van der Waals surface area (Å²) in [6, 6.07) is 7.34. The molecule has 1 aromatic rings. The zero-order chi connectivity index (χ0) is 11.3. The molecule has 0 spiro atoms. The first-order chi connectivity index (χ1) is 7.65. The molecule has 0 bridgehead atoms. The molecule has 1 N–H and O–H groups in total. The summed E-state index contributed by atoms with van der Waals surface area (Å²) < 4.78 is 0. The molecule has 1 fully saturated rings. The van der Waals surface area contributed by atoms with Gasteiger partial charge in [-0.15, -0.1) is 0 Å². The van der Waals surface area contributed by atoms with Gasteiger partial charge in [0.15, 0.2) is 0 Å². The Morgan fingerprint density at radius 3 is 2.88 bits per heavy atom. The number of nitrogens with zero attached hydrogens (tertiary/aromatic N) is 1. The molecule has 2 aliphatic rings. The van der Waals surface area contributed by atoms with Gasteiger partial charge in [-0.05, 0) is 18.6 Å². The molecule has 82 valence electrons. The van der Waals surface area contributed by atoms with Gasteiger partial charge in [-0.2, -0.15) is 0 Å². The average molecular weight is 216 g/mol. The predicted octanol–water partition coefficient (Wildman–Crippen LogP) is 0.487. The van der Waals surface area contributed by atoms with Crippen molar-refractivity contribution in [3.05, 3.63) is 35.4 Å². The van der Waals surface area contributed by atoms with Gasteiger partial charge in [0.05, 0.1) is 0 Å². The summed E-state index contributed by atoms with van der Waals surface area (Å²) >= 11 is 0. The molecule has 1 saturated heterocycles. The zero-order valence-corrected chi connectivity index (χ0v) is 8.99. The molecule has 2 heterocycles. The standard InChI is InChI=1S/C12H12N2O2/c1-12-9-5-3-2-4-8(9)10(15)14(12)7-6-13-11(12)16/h2-5H,6-7H2,1H3,(H,13,16). The van der Waals surface area contributed by atoms with Crippen LogP contribution in [-0.4, -0.2) is 29.8 Å². The molecule has 3 rings (SSSR count). The SMILES string of the molecule is CC12C(=O)NCCN1C(=O)c1ccccc12. The highest BCUT2D eigenvalue weighted by Gasteiger charge is 2.52. The van der Waals surface area contributed by atoms with E-state index in [1.54, 1.807) is 11.0 Å². The highest BCUT2D eigenvalue weighted by molar-refractivity contribution is 6.07. The zero-order valence-electron chi connectivity index (χ0n) is 8.99. The van der Waals surface area contributed by atoms with Crippen LogP contribution in [0.25, 0.3) is 0 Å². The molecule has 0 saturated carbocycles. The number of fused-ring (bicyclic) bond motifs is 3. The summed E-state index contributed by atoms with van der Waals surface area (Å²) in [4.78, 5) is 25.8. The van der Waals surface area contributed by atoms with Crippen LogP contribution in [-0.2, 0) is 10.3 Å². The van der Waals surface area contributed by atoms with E-state index in [0.717, 1.165) is 5.56 Å². The van der Waals surface area contributed by atoms with Crippen molar-refractivity contribution in [3.63, 3.8) is 0 Å². The molecule has 16 heavy (non-hydrogen) atoms. The van der Waals surface area contributed by atoms with Crippen LogP contribution in [0.2, 0.25) is 0 Å². The number of hydrogen-bond acceptors (Lipinski definition) is 2. The Kier molecular flexibility index (Phi) is 1.67. The lowest BCUT2D eigenvalue weighted by atomic mass is 9.89. The van der Waals surface area contributed by atoms with Crippen molar-refractivity contribution in [2.24, 2.45) is 0 Å². The van der Waals surface area contributed by atoms with E-state index in [2.05, 4.69) is 5.32 Å². The molecule has 1 unspecified atom stereocenters. The molecule has 0 aromatic heterocycles. The first kappa shape index (κ1) is 9.39. The van der Waals surface area contributed by atoms with Crippen LogP contribution >= 0.6 is 0 Å². The number of amides is 2. The second kappa shape index (κ2) is 2.84. The van der Waals surface area contributed by atoms with Crippen molar-refractivity contribution in [1.29, 1.82) is 0 Å². The van der Waals surface area contributed by atoms with Gasteiger partial charge < -0.3 is 10.2 Å². The topological polar surface area (TPSA) is 49.4 Å². The van der Waals surface area contributed by atoms with E-state index in [-0.39, 0.29) is 11.8 Å². The Morgan fingerprint density at radius 2 is 2.06 bits per heavy atom. The Hall–Kier alpha value is -1.84. The number of nitrogens with one attached hydrogen (secondary N) is 1. The quantitative estimate of drug-likeness (QED) is 0.686. The van der Waals surface area contributed by atoms with Gasteiger partial charge in [0.25, 0.3) is 5.91 Å². The Morgan fingerprint density at radius 1 is 1.31 bits per heavy atom. The van der Waals surface area contributed by atoms with E-state index in [1.165, 1.54) is 0 Å². The van der Waals surface area contributed by atoms with Crippen LogP contribution in [0.1, 0.15) is 22.8 Å². The van der Waals surface area contributed by atoms with Gasteiger partial charge in [-0.25, -0.2) is 0 Å².